The van der Waals surface area contributed by atoms with Crippen LogP contribution < -0.4 is 5.32 Å². The highest BCUT2D eigenvalue weighted by molar-refractivity contribution is 9.11. The Bertz CT molecular complexity index is 439. The molecule has 1 aliphatic carbocycles. The predicted molar refractivity (Wildman–Crippen MR) is 90.3 cm³/mol. The van der Waals surface area contributed by atoms with Crippen LogP contribution >= 0.6 is 27.3 Å². The van der Waals surface area contributed by atoms with Crippen LogP contribution in [0.1, 0.15) is 50.3 Å². The molecule has 2 heterocycles. The lowest BCUT2D eigenvalue weighted by Gasteiger charge is -2.41. The van der Waals surface area contributed by atoms with E-state index in [9.17, 15) is 0 Å². The molecule has 0 aromatic carbocycles. The highest BCUT2D eigenvalue weighted by Gasteiger charge is 2.36. The average molecular weight is 357 g/mol. The van der Waals surface area contributed by atoms with E-state index in [2.05, 4.69) is 45.2 Å². The summed E-state index contributed by atoms with van der Waals surface area (Å²) in [5.41, 5.74) is 0.400. The number of hydrogen-bond acceptors (Lipinski definition) is 3. The van der Waals surface area contributed by atoms with E-state index in [0.717, 1.165) is 6.54 Å². The smallest absolute Gasteiger partial charge is 0.0701 e. The molecule has 1 atom stereocenters. The van der Waals surface area contributed by atoms with Gasteiger partial charge in [-0.05, 0) is 60.8 Å². The van der Waals surface area contributed by atoms with E-state index in [1.165, 1.54) is 60.3 Å². The first kappa shape index (κ1) is 15.0. The maximum absolute atomic E-state index is 3.90. The number of hydrogen-bond donors (Lipinski definition) is 1. The van der Waals surface area contributed by atoms with Gasteiger partial charge in [-0.1, -0.05) is 19.3 Å². The minimum atomic E-state index is 0.400. The number of thiophene rings is 1. The van der Waals surface area contributed by atoms with E-state index in [-0.39, 0.29) is 0 Å². The summed E-state index contributed by atoms with van der Waals surface area (Å²) in [7, 11) is 0. The van der Waals surface area contributed by atoms with E-state index in [1.54, 1.807) is 0 Å². The first-order valence-electron chi connectivity index (χ1n) is 7.90. The second-order valence-electron chi connectivity index (χ2n) is 6.52. The maximum Gasteiger partial charge on any atom is 0.0701 e. The van der Waals surface area contributed by atoms with Gasteiger partial charge in [0.25, 0.3) is 0 Å². The van der Waals surface area contributed by atoms with Crippen molar-refractivity contribution in [3.05, 3.63) is 20.8 Å². The third kappa shape index (κ3) is 3.46. The Balaban J connectivity index is 1.72. The predicted octanol–water partition coefficient (Wildman–Crippen LogP) is 4.40. The van der Waals surface area contributed by atoms with Crippen molar-refractivity contribution in [3.8, 4) is 0 Å². The molecule has 0 amide bonds. The standard InChI is InChI=1S/C16H25BrN2S/c1-13-7-10-18-16(8-3-2-4-9-16)12-19(13)11-14-5-6-15(17)20-14/h5-6,13,18H,2-4,7-12H2,1H3. The molecule has 1 aromatic heterocycles. The molecule has 1 saturated heterocycles. The SMILES string of the molecule is CC1CCNC2(CCCCC2)CN1Cc1ccc(Br)s1. The molecule has 0 radical (unpaired) electrons. The van der Waals surface area contributed by atoms with Gasteiger partial charge >= 0.3 is 0 Å². The fraction of sp³-hybridized carbons (Fsp3) is 0.750. The maximum atomic E-state index is 3.90. The first-order chi connectivity index (χ1) is 9.67. The number of rotatable bonds is 2. The zero-order valence-corrected chi connectivity index (χ0v) is 14.7. The van der Waals surface area contributed by atoms with Gasteiger partial charge < -0.3 is 5.32 Å². The fourth-order valence-corrected chi connectivity index (χ4v) is 5.25. The van der Waals surface area contributed by atoms with Crippen LogP contribution in [-0.4, -0.2) is 29.6 Å². The molecule has 1 N–H and O–H groups in total. The highest BCUT2D eigenvalue weighted by Crippen LogP contribution is 2.33. The fourth-order valence-electron chi connectivity index (χ4n) is 3.74. The van der Waals surface area contributed by atoms with Gasteiger partial charge in [0.05, 0.1) is 3.79 Å². The summed E-state index contributed by atoms with van der Waals surface area (Å²) < 4.78 is 1.25. The summed E-state index contributed by atoms with van der Waals surface area (Å²) in [5.74, 6) is 0. The van der Waals surface area contributed by atoms with Crippen molar-refractivity contribution < 1.29 is 0 Å². The van der Waals surface area contributed by atoms with Crippen molar-refractivity contribution >= 4 is 27.3 Å². The highest BCUT2D eigenvalue weighted by atomic mass is 79.9. The summed E-state index contributed by atoms with van der Waals surface area (Å²) in [5, 5.41) is 3.90. The number of halogens is 1. The normalized spacial score (nSPS) is 27.6. The van der Waals surface area contributed by atoms with Crippen LogP contribution in [0.15, 0.2) is 15.9 Å². The Morgan fingerprint density at radius 2 is 2.15 bits per heavy atom. The van der Waals surface area contributed by atoms with Crippen molar-refractivity contribution in [1.82, 2.24) is 10.2 Å². The molecule has 112 valence electrons. The van der Waals surface area contributed by atoms with Crippen LogP contribution in [0.4, 0.5) is 0 Å². The van der Waals surface area contributed by atoms with Gasteiger partial charge in [-0.2, -0.15) is 0 Å². The van der Waals surface area contributed by atoms with Gasteiger partial charge in [0.1, 0.15) is 0 Å². The first-order valence-corrected chi connectivity index (χ1v) is 9.51. The third-order valence-electron chi connectivity index (χ3n) is 4.99. The quantitative estimate of drug-likeness (QED) is 0.844. The van der Waals surface area contributed by atoms with E-state index < -0.39 is 0 Å². The molecule has 3 rings (SSSR count). The van der Waals surface area contributed by atoms with Crippen molar-refractivity contribution in [2.75, 3.05) is 13.1 Å². The molecule has 2 nitrogen and oxygen atoms in total. The van der Waals surface area contributed by atoms with E-state index in [4.69, 9.17) is 0 Å². The second-order valence-corrected chi connectivity index (χ2v) is 9.06. The minimum Gasteiger partial charge on any atom is -0.310 e. The molecular weight excluding hydrogens is 332 g/mol. The minimum absolute atomic E-state index is 0.400. The Morgan fingerprint density at radius 3 is 2.85 bits per heavy atom. The topological polar surface area (TPSA) is 15.3 Å². The zero-order valence-electron chi connectivity index (χ0n) is 12.3. The van der Waals surface area contributed by atoms with Crippen LogP contribution in [0.2, 0.25) is 0 Å². The molecule has 1 unspecified atom stereocenters. The lowest BCUT2D eigenvalue weighted by Crippen LogP contribution is -2.53. The van der Waals surface area contributed by atoms with Crippen molar-refractivity contribution in [2.45, 2.75) is 63.6 Å². The number of nitrogens with one attached hydrogen (secondary N) is 1. The van der Waals surface area contributed by atoms with Crippen LogP contribution in [0.3, 0.4) is 0 Å². The van der Waals surface area contributed by atoms with E-state index in [0.29, 0.717) is 11.6 Å². The summed E-state index contributed by atoms with van der Waals surface area (Å²) >= 11 is 5.47. The van der Waals surface area contributed by atoms with Crippen LogP contribution in [0.25, 0.3) is 0 Å². The monoisotopic (exact) mass is 356 g/mol. The lowest BCUT2D eigenvalue weighted by molar-refractivity contribution is 0.132. The summed E-state index contributed by atoms with van der Waals surface area (Å²) in [6.45, 7) is 5.92. The molecule has 1 aliphatic heterocycles. The molecular formula is C16H25BrN2S. The summed E-state index contributed by atoms with van der Waals surface area (Å²) in [4.78, 5) is 4.19. The van der Waals surface area contributed by atoms with Crippen molar-refractivity contribution in [3.63, 3.8) is 0 Å². The van der Waals surface area contributed by atoms with Gasteiger partial charge in [0, 0.05) is 29.5 Å². The number of nitrogens with zero attached hydrogens (tertiary/aromatic N) is 1. The van der Waals surface area contributed by atoms with Crippen LogP contribution in [0, 0.1) is 0 Å². The van der Waals surface area contributed by atoms with Crippen molar-refractivity contribution in [1.29, 1.82) is 0 Å². The molecule has 1 spiro atoms. The summed E-state index contributed by atoms with van der Waals surface area (Å²) in [6, 6.07) is 5.13. The lowest BCUT2D eigenvalue weighted by atomic mass is 9.81. The largest absolute Gasteiger partial charge is 0.310 e. The van der Waals surface area contributed by atoms with Crippen LogP contribution in [0.5, 0.6) is 0 Å². The van der Waals surface area contributed by atoms with E-state index >= 15 is 0 Å². The van der Waals surface area contributed by atoms with Crippen molar-refractivity contribution in [2.24, 2.45) is 0 Å². The molecule has 2 fully saturated rings. The Labute approximate surface area is 135 Å². The van der Waals surface area contributed by atoms with Crippen LogP contribution in [-0.2, 0) is 6.54 Å². The summed E-state index contributed by atoms with van der Waals surface area (Å²) in [6.07, 6.45) is 8.24. The zero-order chi connectivity index (χ0) is 14.0. The van der Waals surface area contributed by atoms with Gasteiger partial charge in [0.15, 0.2) is 0 Å². The molecule has 4 heteroatoms. The van der Waals surface area contributed by atoms with Gasteiger partial charge in [0.2, 0.25) is 0 Å². The Kier molecular flexibility index (Phi) is 4.86. The molecule has 2 aliphatic rings. The molecule has 0 bridgehead atoms. The van der Waals surface area contributed by atoms with Gasteiger partial charge in [-0.25, -0.2) is 0 Å². The Morgan fingerprint density at radius 1 is 1.35 bits per heavy atom. The second kappa shape index (κ2) is 6.47. The van der Waals surface area contributed by atoms with Gasteiger partial charge in [-0.15, -0.1) is 11.3 Å². The van der Waals surface area contributed by atoms with Gasteiger partial charge in [-0.3, -0.25) is 4.90 Å². The molecule has 1 saturated carbocycles. The van der Waals surface area contributed by atoms with E-state index in [1.807, 2.05) is 11.3 Å². The molecule has 1 aromatic rings. The molecule has 20 heavy (non-hydrogen) atoms. The average Bonchev–Trinajstić information content (AvgIpc) is 2.78. The third-order valence-corrected chi connectivity index (χ3v) is 6.60. The Hall–Kier alpha value is 0.1000.